The maximum absolute atomic E-state index is 12.9. The molecule has 1 N–H and O–H groups in total. The van der Waals surface area contributed by atoms with Gasteiger partial charge in [0, 0.05) is 5.92 Å². The van der Waals surface area contributed by atoms with Crippen molar-refractivity contribution < 1.29 is 23.4 Å². The van der Waals surface area contributed by atoms with Gasteiger partial charge in [-0.1, -0.05) is 63.3 Å². The van der Waals surface area contributed by atoms with Crippen molar-refractivity contribution in [3.05, 3.63) is 59.2 Å². The van der Waals surface area contributed by atoms with Crippen molar-refractivity contribution in [3.8, 4) is 0 Å². The molecule has 38 heavy (non-hydrogen) atoms. The Bertz CT molecular complexity index is 1070. The van der Waals surface area contributed by atoms with E-state index >= 15 is 0 Å². The van der Waals surface area contributed by atoms with Crippen LogP contribution < -0.4 is 0 Å². The summed E-state index contributed by atoms with van der Waals surface area (Å²) in [5.41, 5.74) is 2.22. The zero-order valence-electron chi connectivity index (χ0n) is 25.3. The third kappa shape index (κ3) is 5.32. The summed E-state index contributed by atoms with van der Waals surface area (Å²) in [5, 5.41) is 13.0. The highest BCUT2D eigenvalue weighted by Crippen LogP contribution is 2.56. The third-order valence-electron chi connectivity index (χ3n) is 9.32. The van der Waals surface area contributed by atoms with Crippen LogP contribution in [-0.4, -0.2) is 57.9 Å². The van der Waals surface area contributed by atoms with Crippen LogP contribution in [0.2, 0.25) is 37.8 Å². The minimum absolute atomic E-state index is 0.00652. The van der Waals surface area contributed by atoms with Crippen molar-refractivity contribution in [1.29, 1.82) is 0 Å². The predicted octanol–water partition coefficient (Wildman–Crippen LogP) is 7.00. The second-order valence-corrected chi connectivity index (χ2v) is 23.6. The molecule has 3 aliphatic rings. The highest BCUT2D eigenvalue weighted by atomic mass is 28.4. The zero-order valence-corrected chi connectivity index (χ0v) is 27.3. The summed E-state index contributed by atoms with van der Waals surface area (Å²) in [7, 11) is -4.04. The molecular weight excluding hydrogens is 509 g/mol. The van der Waals surface area contributed by atoms with E-state index in [1.807, 2.05) is 25.1 Å². The highest BCUT2D eigenvalue weighted by Gasteiger charge is 2.68. The Morgan fingerprint density at radius 3 is 2.32 bits per heavy atom. The fraction of sp³-hybridized carbons (Fsp3) is 0.677. The molecule has 2 fully saturated rings. The lowest BCUT2D eigenvalue weighted by Gasteiger charge is -2.47. The molecule has 7 heteroatoms. The van der Waals surface area contributed by atoms with E-state index < -0.39 is 40.0 Å². The molecule has 1 aromatic carbocycles. The van der Waals surface area contributed by atoms with Gasteiger partial charge in [-0.15, -0.1) is 0 Å². The van der Waals surface area contributed by atoms with Crippen molar-refractivity contribution in [2.75, 3.05) is 6.61 Å². The first-order chi connectivity index (χ1) is 17.4. The smallest absolute Gasteiger partial charge is 0.192 e. The molecule has 2 aliphatic carbocycles. The van der Waals surface area contributed by atoms with Crippen LogP contribution in [0.1, 0.15) is 53.0 Å². The molecule has 1 saturated heterocycles. The van der Waals surface area contributed by atoms with E-state index in [9.17, 15) is 5.11 Å². The van der Waals surface area contributed by atoms with Gasteiger partial charge in [-0.25, -0.2) is 0 Å². The standard InChI is InChI=1S/C31H50O5Si2/c1-21-17-26(33-19-23-15-13-12-14-16-23)31(32)28(34-20-30(31,6)36-37(7,8)9)27-22(2)25(18-24(21)27)35-38(10,11)29(3,4)5/h12-16,24-26,28,32H,1,17-20H2,2-11H3/t24-,25?,26+,28-,30-,31+/m1/s1. The van der Waals surface area contributed by atoms with E-state index in [0.29, 0.717) is 19.6 Å². The molecule has 1 aromatic rings. The SMILES string of the molecule is C=C1C[C@H](OCc2ccccc2)[C@]2(O)[C@H](OC[C@@]2(C)O[Si](C)(C)C)C2=C(C)C(O[Si](C)(C)C(C)(C)C)C[C@H]12. The van der Waals surface area contributed by atoms with Gasteiger partial charge in [0.15, 0.2) is 22.2 Å². The van der Waals surface area contributed by atoms with E-state index in [1.165, 1.54) is 5.57 Å². The molecule has 0 amide bonds. The van der Waals surface area contributed by atoms with Crippen LogP contribution in [-0.2, 0) is 24.9 Å². The number of benzene rings is 1. The largest absolute Gasteiger partial charge is 0.410 e. The third-order valence-corrected chi connectivity index (χ3v) is 14.9. The second-order valence-electron chi connectivity index (χ2n) is 14.4. The Morgan fingerprint density at radius 2 is 1.74 bits per heavy atom. The Kier molecular flexibility index (Phi) is 7.94. The monoisotopic (exact) mass is 558 g/mol. The fourth-order valence-corrected chi connectivity index (χ4v) is 9.21. The molecule has 0 aromatic heterocycles. The molecule has 4 rings (SSSR count). The summed E-state index contributed by atoms with van der Waals surface area (Å²) in [5.74, 6) is 0.0980. The first-order valence-electron chi connectivity index (χ1n) is 14.2. The molecule has 1 unspecified atom stereocenters. The fourth-order valence-electron chi connectivity index (χ4n) is 6.30. The first-order valence-corrected chi connectivity index (χ1v) is 20.5. The summed E-state index contributed by atoms with van der Waals surface area (Å²) in [6.45, 7) is 27.4. The van der Waals surface area contributed by atoms with E-state index in [-0.39, 0.29) is 17.1 Å². The normalized spacial score (nSPS) is 34.3. The molecule has 212 valence electrons. The average molecular weight is 559 g/mol. The molecule has 1 heterocycles. The Morgan fingerprint density at radius 1 is 1.11 bits per heavy atom. The minimum atomic E-state index is -2.04. The van der Waals surface area contributed by atoms with Gasteiger partial charge in [0.05, 0.1) is 25.4 Å². The lowest BCUT2D eigenvalue weighted by Crippen LogP contribution is -2.66. The second kappa shape index (κ2) is 10.1. The minimum Gasteiger partial charge on any atom is -0.410 e. The van der Waals surface area contributed by atoms with Crippen LogP contribution in [0.4, 0.5) is 0 Å². The summed E-state index contributed by atoms with van der Waals surface area (Å²) in [6.07, 6.45) is 0.380. The van der Waals surface area contributed by atoms with Gasteiger partial charge < -0.3 is 23.4 Å². The van der Waals surface area contributed by atoms with Gasteiger partial charge in [0.2, 0.25) is 0 Å². The molecule has 5 nitrogen and oxygen atoms in total. The van der Waals surface area contributed by atoms with Gasteiger partial charge in [0.1, 0.15) is 11.7 Å². The maximum atomic E-state index is 12.9. The molecule has 0 spiro atoms. The van der Waals surface area contributed by atoms with E-state index in [1.54, 1.807) is 0 Å². The van der Waals surface area contributed by atoms with Gasteiger partial charge in [-0.05, 0) is 81.2 Å². The maximum Gasteiger partial charge on any atom is 0.192 e. The Balaban J connectivity index is 1.76. The lowest BCUT2D eigenvalue weighted by molar-refractivity contribution is -0.190. The first kappa shape index (κ1) is 29.9. The number of rotatable bonds is 7. The predicted molar refractivity (Wildman–Crippen MR) is 159 cm³/mol. The average Bonchev–Trinajstić information content (AvgIpc) is 3.19. The summed E-state index contributed by atoms with van der Waals surface area (Å²) in [4.78, 5) is 0. The summed E-state index contributed by atoms with van der Waals surface area (Å²) in [6, 6.07) is 10.1. The topological polar surface area (TPSA) is 57.2 Å². The molecular formula is C31H50O5Si2. The molecule has 0 bridgehead atoms. The van der Waals surface area contributed by atoms with Crippen LogP contribution in [0.3, 0.4) is 0 Å². The van der Waals surface area contributed by atoms with Crippen molar-refractivity contribution in [3.63, 3.8) is 0 Å². The number of hydrogen-bond donors (Lipinski definition) is 1. The molecule has 0 radical (unpaired) electrons. The van der Waals surface area contributed by atoms with Gasteiger partial charge in [-0.2, -0.15) is 0 Å². The number of aliphatic hydroxyl groups is 1. The lowest BCUT2D eigenvalue weighted by atomic mass is 9.75. The zero-order chi connectivity index (χ0) is 28.3. The molecule has 1 aliphatic heterocycles. The highest BCUT2D eigenvalue weighted by molar-refractivity contribution is 6.74. The van der Waals surface area contributed by atoms with Crippen molar-refractivity contribution in [2.45, 2.75) is 121 Å². The van der Waals surface area contributed by atoms with E-state index in [2.05, 4.69) is 79.1 Å². The van der Waals surface area contributed by atoms with Gasteiger partial charge >= 0.3 is 0 Å². The van der Waals surface area contributed by atoms with Crippen LogP contribution in [0, 0.1) is 5.92 Å². The summed E-state index contributed by atoms with van der Waals surface area (Å²) >= 11 is 0. The van der Waals surface area contributed by atoms with E-state index in [0.717, 1.165) is 23.1 Å². The number of hydrogen-bond acceptors (Lipinski definition) is 5. The Labute approximate surface area is 232 Å². The number of fused-ring (bicyclic) bond motifs is 3. The van der Waals surface area contributed by atoms with Crippen LogP contribution >= 0.6 is 0 Å². The quantitative estimate of drug-likeness (QED) is 0.288. The number of ether oxygens (including phenoxy) is 2. The van der Waals surface area contributed by atoms with Crippen molar-refractivity contribution in [2.24, 2.45) is 5.92 Å². The van der Waals surface area contributed by atoms with E-state index in [4.69, 9.17) is 18.3 Å². The molecule has 6 atom stereocenters. The van der Waals surface area contributed by atoms with Gasteiger partial charge in [0.25, 0.3) is 0 Å². The Hall–Kier alpha value is -1.07. The summed E-state index contributed by atoms with van der Waals surface area (Å²) < 4.78 is 26.9. The molecule has 1 saturated carbocycles. The van der Waals surface area contributed by atoms with Crippen molar-refractivity contribution >= 4 is 16.6 Å². The van der Waals surface area contributed by atoms with Crippen LogP contribution in [0.15, 0.2) is 53.6 Å². The van der Waals surface area contributed by atoms with Crippen LogP contribution in [0.5, 0.6) is 0 Å². The van der Waals surface area contributed by atoms with Crippen molar-refractivity contribution in [1.82, 2.24) is 0 Å². The van der Waals surface area contributed by atoms with Gasteiger partial charge in [-0.3, -0.25) is 0 Å². The van der Waals surface area contributed by atoms with Crippen LogP contribution in [0.25, 0.3) is 0 Å².